The summed E-state index contributed by atoms with van der Waals surface area (Å²) in [4.78, 5) is 17.4. The van der Waals surface area contributed by atoms with Crippen LogP contribution < -0.4 is 9.62 Å². The van der Waals surface area contributed by atoms with Crippen LogP contribution in [0.15, 0.2) is 30.5 Å². The van der Waals surface area contributed by atoms with Crippen LogP contribution in [-0.4, -0.2) is 62.2 Å². The number of hydrogen-bond acceptors (Lipinski definition) is 6. The number of hydrogen-bond donors (Lipinski definition) is 1. The van der Waals surface area contributed by atoms with Crippen molar-refractivity contribution in [3.8, 4) is 5.82 Å². The van der Waals surface area contributed by atoms with Crippen molar-refractivity contribution < 1.29 is 17.9 Å². The maximum Gasteiger partial charge on any atom is 0.270 e. The number of amides is 1. The number of aryl methyl sites for hydroxylation is 1. The molecule has 10 heteroatoms. The van der Waals surface area contributed by atoms with Crippen molar-refractivity contribution in [1.29, 1.82) is 0 Å². The van der Waals surface area contributed by atoms with Crippen LogP contribution in [0.4, 0.5) is 5.69 Å². The highest BCUT2D eigenvalue weighted by Gasteiger charge is 2.36. The van der Waals surface area contributed by atoms with Gasteiger partial charge < -0.3 is 10.1 Å². The van der Waals surface area contributed by atoms with Crippen LogP contribution in [-0.2, 0) is 14.8 Å². The average molecular weight is 498 g/mol. The number of carbonyl (C=O) groups is 1. The van der Waals surface area contributed by atoms with Gasteiger partial charge >= 0.3 is 0 Å². The Labute approximate surface area is 205 Å². The van der Waals surface area contributed by atoms with Gasteiger partial charge in [0.2, 0.25) is 10.0 Å². The summed E-state index contributed by atoms with van der Waals surface area (Å²) in [5.74, 6) is 0.514. The van der Waals surface area contributed by atoms with Gasteiger partial charge in [-0.15, -0.1) is 0 Å². The lowest BCUT2D eigenvalue weighted by Crippen LogP contribution is -2.43. The predicted octanol–water partition coefficient (Wildman–Crippen LogP) is 3.16. The molecule has 2 fully saturated rings. The van der Waals surface area contributed by atoms with Crippen LogP contribution >= 0.6 is 0 Å². The highest BCUT2D eigenvalue weighted by atomic mass is 32.2. The summed E-state index contributed by atoms with van der Waals surface area (Å²) in [5, 5.41) is 8.11. The zero-order valence-corrected chi connectivity index (χ0v) is 21.4. The van der Waals surface area contributed by atoms with E-state index >= 15 is 0 Å². The molecule has 1 N–H and O–H groups in total. The second kappa shape index (κ2) is 8.60. The molecule has 0 atom stereocenters. The van der Waals surface area contributed by atoms with Gasteiger partial charge in [0.1, 0.15) is 5.69 Å². The van der Waals surface area contributed by atoms with Gasteiger partial charge in [0, 0.05) is 30.6 Å². The first kappa shape index (κ1) is 23.7. The van der Waals surface area contributed by atoms with Gasteiger partial charge in [-0.25, -0.2) is 18.1 Å². The molecular formula is C25H31N5O4S. The molecule has 5 rings (SSSR count). The van der Waals surface area contributed by atoms with Crippen molar-refractivity contribution >= 4 is 32.5 Å². The van der Waals surface area contributed by atoms with Crippen LogP contribution in [0.25, 0.3) is 16.7 Å². The standard InChI is InChI=1S/C25H31N5O4S/c1-16-5-8-22(27-13-16)30-23(24(31)26-3)19-11-18(17-6-7-17)21(12-20(19)28-30)29(35(4,32)33)10-9-25(2)14-34-15-25/h5,8,11-13,17H,6-7,9-10,14-15H2,1-4H3,(H,26,31). The van der Waals surface area contributed by atoms with E-state index in [9.17, 15) is 13.2 Å². The maximum atomic E-state index is 13.0. The largest absolute Gasteiger partial charge is 0.380 e. The third-order valence-corrected chi connectivity index (χ3v) is 8.06. The molecule has 1 aliphatic carbocycles. The summed E-state index contributed by atoms with van der Waals surface area (Å²) in [7, 11) is -1.95. The van der Waals surface area contributed by atoms with Crippen LogP contribution in [0.2, 0.25) is 0 Å². The van der Waals surface area contributed by atoms with Crippen molar-refractivity contribution in [3.05, 3.63) is 47.3 Å². The fourth-order valence-corrected chi connectivity index (χ4v) is 5.53. The minimum Gasteiger partial charge on any atom is -0.380 e. The monoisotopic (exact) mass is 497 g/mol. The number of anilines is 1. The van der Waals surface area contributed by atoms with Gasteiger partial charge in [-0.1, -0.05) is 13.0 Å². The Morgan fingerprint density at radius 2 is 2.03 bits per heavy atom. The van der Waals surface area contributed by atoms with Gasteiger partial charge in [0.25, 0.3) is 5.91 Å². The van der Waals surface area contributed by atoms with Gasteiger partial charge in [-0.3, -0.25) is 9.10 Å². The summed E-state index contributed by atoms with van der Waals surface area (Å²) in [6.07, 6.45) is 5.66. The van der Waals surface area contributed by atoms with Crippen molar-refractivity contribution in [2.45, 2.75) is 39.0 Å². The zero-order chi connectivity index (χ0) is 25.0. The maximum absolute atomic E-state index is 13.0. The Kier molecular flexibility index (Phi) is 5.83. The highest BCUT2D eigenvalue weighted by molar-refractivity contribution is 7.92. The molecule has 9 nitrogen and oxygen atoms in total. The topological polar surface area (TPSA) is 106 Å². The Balaban J connectivity index is 1.67. The number of ether oxygens (including phenoxy) is 1. The van der Waals surface area contributed by atoms with Crippen molar-refractivity contribution in [2.75, 3.05) is 37.4 Å². The first-order valence-corrected chi connectivity index (χ1v) is 13.7. The number of aromatic nitrogens is 3. The summed E-state index contributed by atoms with van der Waals surface area (Å²) in [6.45, 7) is 5.71. The van der Waals surface area contributed by atoms with Crippen LogP contribution in [0.3, 0.4) is 0 Å². The molecule has 0 radical (unpaired) electrons. The minimum atomic E-state index is -3.54. The number of benzene rings is 1. The summed E-state index contributed by atoms with van der Waals surface area (Å²) in [5.41, 5.74) is 3.52. The van der Waals surface area contributed by atoms with Crippen molar-refractivity contribution in [2.24, 2.45) is 5.41 Å². The molecule has 3 heterocycles. The third kappa shape index (κ3) is 4.52. The third-order valence-electron chi connectivity index (χ3n) is 6.88. The molecule has 1 aliphatic heterocycles. The number of sulfonamides is 1. The lowest BCUT2D eigenvalue weighted by Gasteiger charge is -2.39. The summed E-state index contributed by atoms with van der Waals surface area (Å²) in [6, 6.07) is 7.51. The second-order valence-corrected chi connectivity index (χ2v) is 12.0. The molecular weight excluding hydrogens is 466 g/mol. The van der Waals surface area contributed by atoms with E-state index in [1.807, 2.05) is 31.2 Å². The fraction of sp³-hybridized carbons (Fsp3) is 0.480. The number of carbonyl (C=O) groups excluding carboxylic acids is 1. The molecule has 1 amide bonds. The van der Waals surface area contributed by atoms with E-state index in [2.05, 4.69) is 17.2 Å². The molecule has 1 saturated carbocycles. The van der Waals surface area contributed by atoms with E-state index in [0.717, 1.165) is 24.0 Å². The predicted molar refractivity (Wildman–Crippen MR) is 135 cm³/mol. The molecule has 2 aliphatic rings. The van der Waals surface area contributed by atoms with Gasteiger partial charge in [0.05, 0.1) is 30.7 Å². The number of nitrogens with one attached hydrogen (secondary N) is 1. The number of rotatable bonds is 8. The molecule has 0 unspecified atom stereocenters. The average Bonchev–Trinajstić information content (AvgIpc) is 3.57. The SMILES string of the molecule is CNC(=O)c1c2cc(C3CC3)c(N(CCC3(C)COC3)S(C)(=O)=O)cc2nn1-c1ccc(C)cn1. The Hall–Kier alpha value is -2.98. The zero-order valence-electron chi connectivity index (χ0n) is 20.5. The lowest BCUT2D eigenvalue weighted by molar-refractivity contribution is -0.104. The summed E-state index contributed by atoms with van der Waals surface area (Å²) < 4.78 is 34.3. The molecule has 2 aromatic heterocycles. The van der Waals surface area contributed by atoms with E-state index in [0.29, 0.717) is 54.3 Å². The van der Waals surface area contributed by atoms with Crippen LogP contribution in [0.1, 0.15) is 53.7 Å². The summed E-state index contributed by atoms with van der Waals surface area (Å²) >= 11 is 0. The Bertz CT molecular complexity index is 1390. The molecule has 0 bridgehead atoms. The molecule has 1 saturated heterocycles. The minimum absolute atomic E-state index is 0.0160. The van der Waals surface area contributed by atoms with E-state index < -0.39 is 10.0 Å². The fourth-order valence-electron chi connectivity index (χ4n) is 4.59. The smallest absolute Gasteiger partial charge is 0.270 e. The number of fused-ring (bicyclic) bond motifs is 1. The van der Waals surface area contributed by atoms with E-state index in [1.54, 1.807) is 17.9 Å². The molecule has 1 aromatic carbocycles. The van der Waals surface area contributed by atoms with E-state index in [1.165, 1.54) is 10.6 Å². The van der Waals surface area contributed by atoms with E-state index in [-0.39, 0.29) is 17.2 Å². The normalized spacial score (nSPS) is 17.3. The highest BCUT2D eigenvalue weighted by Crippen LogP contribution is 2.47. The quantitative estimate of drug-likeness (QED) is 0.512. The van der Waals surface area contributed by atoms with Gasteiger partial charge in [-0.05, 0) is 61.4 Å². The molecule has 35 heavy (non-hydrogen) atoms. The molecule has 186 valence electrons. The first-order chi connectivity index (χ1) is 16.6. The van der Waals surface area contributed by atoms with Crippen LogP contribution in [0, 0.1) is 12.3 Å². The van der Waals surface area contributed by atoms with E-state index in [4.69, 9.17) is 9.84 Å². The second-order valence-electron chi connectivity index (χ2n) is 10.1. The Morgan fingerprint density at radius 3 is 2.57 bits per heavy atom. The van der Waals surface area contributed by atoms with Crippen molar-refractivity contribution in [3.63, 3.8) is 0 Å². The lowest BCUT2D eigenvalue weighted by atomic mass is 9.85. The van der Waals surface area contributed by atoms with Gasteiger partial charge in [0.15, 0.2) is 5.82 Å². The number of pyridine rings is 1. The molecule has 3 aromatic rings. The Morgan fingerprint density at radius 1 is 1.29 bits per heavy atom. The van der Waals surface area contributed by atoms with Gasteiger partial charge in [-0.2, -0.15) is 5.10 Å². The van der Waals surface area contributed by atoms with Crippen LogP contribution in [0.5, 0.6) is 0 Å². The molecule has 0 spiro atoms. The van der Waals surface area contributed by atoms with Crippen molar-refractivity contribution in [1.82, 2.24) is 20.1 Å². The first-order valence-electron chi connectivity index (χ1n) is 11.9. The number of nitrogens with zero attached hydrogens (tertiary/aromatic N) is 4.